The van der Waals surface area contributed by atoms with E-state index >= 15 is 0 Å². The molecular weight excluding hydrogens is 300 g/mol. The third kappa shape index (κ3) is 4.54. The number of aryl methyl sites for hydroxylation is 1. The van der Waals surface area contributed by atoms with Crippen molar-refractivity contribution in [2.24, 2.45) is 0 Å². The van der Waals surface area contributed by atoms with Gasteiger partial charge in [-0.15, -0.1) is 0 Å². The largest absolute Gasteiger partial charge is 0.349 e. The number of rotatable bonds is 4. The third-order valence-electron chi connectivity index (χ3n) is 4.38. The molecule has 3 rings (SSSR count). The van der Waals surface area contributed by atoms with Crippen LogP contribution in [0, 0.1) is 6.92 Å². The number of aromatic nitrogens is 2. The molecule has 2 N–H and O–H groups in total. The number of hydrogen-bond donors (Lipinski definition) is 2. The molecule has 0 atom stereocenters. The van der Waals surface area contributed by atoms with Gasteiger partial charge in [-0.25, -0.2) is 9.97 Å². The molecule has 126 valence electrons. The van der Waals surface area contributed by atoms with E-state index in [0.717, 1.165) is 18.5 Å². The van der Waals surface area contributed by atoms with E-state index in [9.17, 15) is 4.79 Å². The van der Waals surface area contributed by atoms with Gasteiger partial charge in [0.15, 0.2) is 0 Å². The van der Waals surface area contributed by atoms with Crippen LogP contribution in [0.2, 0.25) is 0 Å². The van der Waals surface area contributed by atoms with Crippen molar-refractivity contribution in [3.05, 3.63) is 47.8 Å². The van der Waals surface area contributed by atoms with Crippen LogP contribution >= 0.6 is 0 Å². The Bertz CT molecular complexity index is 676. The van der Waals surface area contributed by atoms with Crippen molar-refractivity contribution in [2.75, 3.05) is 5.32 Å². The van der Waals surface area contributed by atoms with Gasteiger partial charge in [0.05, 0.1) is 5.56 Å². The molecule has 1 aliphatic rings. The second-order valence-electron chi connectivity index (χ2n) is 6.45. The Morgan fingerprint density at radius 3 is 2.46 bits per heavy atom. The second kappa shape index (κ2) is 7.90. The molecule has 0 radical (unpaired) electrons. The van der Waals surface area contributed by atoms with Crippen molar-refractivity contribution in [1.82, 2.24) is 15.3 Å². The van der Waals surface area contributed by atoms with Crippen LogP contribution in [-0.4, -0.2) is 21.9 Å². The van der Waals surface area contributed by atoms with E-state index in [0.29, 0.717) is 11.5 Å². The summed E-state index contributed by atoms with van der Waals surface area (Å²) in [5.41, 5.74) is 2.61. The molecule has 1 amide bonds. The first-order chi connectivity index (χ1) is 11.7. The second-order valence-corrected chi connectivity index (χ2v) is 6.45. The van der Waals surface area contributed by atoms with E-state index in [-0.39, 0.29) is 11.9 Å². The van der Waals surface area contributed by atoms with Gasteiger partial charge in [-0.2, -0.15) is 0 Å². The third-order valence-corrected chi connectivity index (χ3v) is 4.38. The van der Waals surface area contributed by atoms with Crippen LogP contribution in [0.5, 0.6) is 0 Å². The first kappa shape index (κ1) is 16.4. The molecule has 0 bridgehead atoms. The summed E-state index contributed by atoms with van der Waals surface area (Å²) in [6.07, 6.45) is 10.2. The number of nitrogens with one attached hydrogen (secondary N) is 2. The predicted molar refractivity (Wildman–Crippen MR) is 95.4 cm³/mol. The molecule has 1 aromatic heterocycles. The van der Waals surface area contributed by atoms with E-state index < -0.39 is 0 Å². The molecule has 0 spiro atoms. The van der Waals surface area contributed by atoms with Crippen molar-refractivity contribution in [1.29, 1.82) is 0 Å². The Morgan fingerprint density at radius 1 is 1.08 bits per heavy atom. The van der Waals surface area contributed by atoms with Gasteiger partial charge in [-0.1, -0.05) is 37.8 Å². The summed E-state index contributed by atoms with van der Waals surface area (Å²) in [5, 5.41) is 6.26. The van der Waals surface area contributed by atoms with Crippen molar-refractivity contribution in [3.8, 4) is 0 Å². The van der Waals surface area contributed by atoms with Crippen molar-refractivity contribution in [3.63, 3.8) is 0 Å². The van der Waals surface area contributed by atoms with Gasteiger partial charge in [0, 0.05) is 24.1 Å². The highest BCUT2D eigenvalue weighted by Gasteiger charge is 2.16. The predicted octanol–water partition coefficient (Wildman–Crippen LogP) is 3.98. The summed E-state index contributed by atoms with van der Waals surface area (Å²) in [6, 6.07) is 8.28. The fourth-order valence-electron chi connectivity index (χ4n) is 3.05. The Balaban J connectivity index is 1.60. The average Bonchev–Trinajstić information content (AvgIpc) is 2.84. The topological polar surface area (TPSA) is 66.9 Å². The standard InChI is InChI=1S/C19H24N4O/c1-14-7-6-10-17(11-14)23-19-20-12-15(13-21-19)18(24)22-16-8-4-2-3-5-9-16/h6-7,10-13,16H,2-5,8-9H2,1H3,(H,22,24)(H,20,21,23). The lowest BCUT2D eigenvalue weighted by Gasteiger charge is -2.16. The van der Waals surface area contributed by atoms with Gasteiger partial charge in [-0.05, 0) is 37.5 Å². The number of anilines is 2. The molecule has 0 aliphatic heterocycles. The molecule has 0 saturated heterocycles. The lowest BCUT2D eigenvalue weighted by Crippen LogP contribution is -2.34. The molecule has 1 saturated carbocycles. The Labute approximate surface area is 142 Å². The summed E-state index contributed by atoms with van der Waals surface area (Å²) < 4.78 is 0. The first-order valence-electron chi connectivity index (χ1n) is 8.67. The van der Waals surface area contributed by atoms with Crippen LogP contribution in [0.1, 0.15) is 54.4 Å². The van der Waals surface area contributed by atoms with Crippen LogP contribution in [0.15, 0.2) is 36.7 Å². The summed E-state index contributed by atoms with van der Waals surface area (Å²) in [5.74, 6) is 0.413. The fraction of sp³-hybridized carbons (Fsp3) is 0.421. The summed E-state index contributed by atoms with van der Waals surface area (Å²) >= 11 is 0. The number of nitrogens with zero attached hydrogens (tertiary/aromatic N) is 2. The van der Waals surface area contributed by atoms with E-state index in [1.54, 1.807) is 12.4 Å². The van der Waals surface area contributed by atoms with E-state index in [4.69, 9.17) is 0 Å². The van der Waals surface area contributed by atoms with Crippen LogP contribution < -0.4 is 10.6 Å². The zero-order valence-corrected chi connectivity index (χ0v) is 14.1. The van der Waals surface area contributed by atoms with Crippen LogP contribution in [0.25, 0.3) is 0 Å². The molecule has 24 heavy (non-hydrogen) atoms. The van der Waals surface area contributed by atoms with Crippen LogP contribution in [0.4, 0.5) is 11.6 Å². The minimum atomic E-state index is -0.0796. The Hall–Kier alpha value is -2.43. The highest BCUT2D eigenvalue weighted by Crippen LogP contribution is 2.18. The highest BCUT2D eigenvalue weighted by atomic mass is 16.1. The van der Waals surface area contributed by atoms with E-state index in [1.807, 2.05) is 31.2 Å². The molecule has 0 unspecified atom stereocenters. The monoisotopic (exact) mass is 324 g/mol. The van der Waals surface area contributed by atoms with Crippen LogP contribution in [-0.2, 0) is 0 Å². The quantitative estimate of drug-likeness (QED) is 0.835. The molecule has 5 nitrogen and oxygen atoms in total. The Morgan fingerprint density at radius 2 is 1.79 bits per heavy atom. The summed E-state index contributed by atoms with van der Waals surface area (Å²) in [7, 11) is 0. The summed E-state index contributed by atoms with van der Waals surface area (Å²) in [6.45, 7) is 2.03. The molecule has 1 aromatic carbocycles. The fourth-order valence-corrected chi connectivity index (χ4v) is 3.05. The molecule has 2 aromatic rings. The maximum atomic E-state index is 12.3. The van der Waals surface area contributed by atoms with Gasteiger partial charge in [-0.3, -0.25) is 4.79 Å². The number of benzene rings is 1. The number of carbonyl (C=O) groups excluding carboxylic acids is 1. The van der Waals surface area contributed by atoms with Gasteiger partial charge >= 0.3 is 0 Å². The maximum absolute atomic E-state index is 12.3. The summed E-state index contributed by atoms with van der Waals surface area (Å²) in [4.78, 5) is 20.8. The highest BCUT2D eigenvalue weighted by molar-refractivity contribution is 5.93. The minimum Gasteiger partial charge on any atom is -0.349 e. The first-order valence-corrected chi connectivity index (χ1v) is 8.67. The van der Waals surface area contributed by atoms with Gasteiger partial charge in [0.25, 0.3) is 5.91 Å². The van der Waals surface area contributed by atoms with Gasteiger partial charge in [0.2, 0.25) is 5.95 Å². The normalized spacial score (nSPS) is 15.5. The van der Waals surface area contributed by atoms with Crippen molar-refractivity contribution < 1.29 is 4.79 Å². The zero-order chi connectivity index (χ0) is 16.8. The zero-order valence-electron chi connectivity index (χ0n) is 14.1. The van der Waals surface area contributed by atoms with Crippen molar-refractivity contribution >= 4 is 17.5 Å². The molecule has 1 aliphatic carbocycles. The lowest BCUT2D eigenvalue weighted by atomic mass is 10.1. The smallest absolute Gasteiger partial charge is 0.254 e. The maximum Gasteiger partial charge on any atom is 0.254 e. The number of amides is 1. The molecule has 1 heterocycles. The SMILES string of the molecule is Cc1cccc(Nc2ncc(C(=O)NC3CCCCCC3)cn2)c1. The Kier molecular flexibility index (Phi) is 5.41. The lowest BCUT2D eigenvalue weighted by molar-refractivity contribution is 0.0932. The van der Waals surface area contributed by atoms with Crippen LogP contribution in [0.3, 0.4) is 0 Å². The van der Waals surface area contributed by atoms with E-state index in [1.165, 1.54) is 31.2 Å². The van der Waals surface area contributed by atoms with Crippen molar-refractivity contribution in [2.45, 2.75) is 51.5 Å². The number of carbonyl (C=O) groups is 1. The molecule has 5 heteroatoms. The van der Waals surface area contributed by atoms with E-state index in [2.05, 4.69) is 20.6 Å². The average molecular weight is 324 g/mol. The van der Waals surface area contributed by atoms with Gasteiger partial charge < -0.3 is 10.6 Å². The number of hydrogen-bond acceptors (Lipinski definition) is 4. The van der Waals surface area contributed by atoms with Gasteiger partial charge in [0.1, 0.15) is 0 Å². The molecular formula is C19H24N4O. The molecule has 1 fully saturated rings. The minimum absolute atomic E-state index is 0.0796.